The zero-order valence-corrected chi connectivity index (χ0v) is 19.0. The van der Waals surface area contributed by atoms with Crippen molar-refractivity contribution in [2.45, 2.75) is 33.1 Å². The molecule has 0 amide bonds. The number of carbonyl (C=O) groups is 1. The van der Waals surface area contributed by atoms with Gasteiger partial charge in [-0.3, -0.25) is 4.79 Å². The molecule has 0 aromatic heterocycles. The fourth-order valence-electron chi connectivity index (χ4n) is 3.47. The van der Waals surface area contributed by atoms with Gasteiger partial charge in [0, 0.05) is 36.6 Å². The van der Waals surface area contributed by atoms with E-state index in [1.54, 1.807) is 6.08 Å². The zero-order valence-electron chi connectivity index (χ0n) is 19.0. The Kier molecular flexibility index (Phi) is 10.2. The molecule has 0 aliphatic carbocycles. The summed E-state index contributed by atoms with van der Waals surface area (Å²) in [5.41, 5.74) is 3.89. The summed E-state index contributed by atoms with van der Waals surface area (Å²) in [7, 11) is 4.14. The standard InChI is InChI=1S/C26H37N3O/c1-5-18-29(19-6-2)23-12-9-11-22(21-23)15-16-26(30)24-13-7-8-14-25(24)27-17-10-20-28(3)4/h7-9,11-16,21,27H,5-6,10,17-20H2,1-4H3. The molecule has 162 valence electrons. The van der Waals surface area contributed by atoms with E-state index < -0.39 is 0 Å². The van der Waals surface area contributed by atoms with Gasteiger partial charge in [-0.05, 0) is 75.8 Å². The summed E-state index contributed by atoms with van der Waals surface area (Å²) in [6.07, 6.45) is 6.88. The lowest BCUT2D eigenvalue weighted by Gasteiger charge is -2.24. The molecule has 0 fully saturated rings. The highest BCUT2D eigenvalue weighted by molar-refractivity contribution is 6.10. The van der Waals surface area contributed by atoms with E-state index in [1.807, 2.05) is 30.3 Å². The Bertz CT molecular complexity index is 807. The average Bonchev–Trinajstić information content (AvgIpc) is 2.75. The fraction of sp³-hybridized carbons (Fsp3) is 0.423. The molecule has 4 heteroatoms. The average molecular weight is 408 g/mol. The van der Waals surface area contributed by atoms with E-state index in [0.29, 0.717) is 5.56 Å². The molecule has 4 nitrogen and oxygen atoms in total. The third-order valence-electron chi connectivity index (χ3n) is 4.94. The Labute approximate surface area is 182 Å². The Morgan fingerprint density at radius 3 is 2.40 bits per heavy atom. The van der Waals surface area contributed by atoms with Crippen LogP contribution >= 0.6 is 0 Å². The maximum atomic E-state index is 12.9. The van der Waals surface area contributed by atoms with Crippen LogP contribution in [0.5, 0.6) is 0 Å². The lowest BCUT2D eigenvalue weighted by Crippen LogP contribution is -2.24. The van der Waals surface area contributed by atoms with Crippen LogP contribution in [0.25, 0.3) is 6.08 Å². The molecular weight excluding hydrogens is 370 g/mol. The van der Waals surface area contributed by atoms with Crippen molar-refractivity contribution in [2.75, 3.05) is 50.5 Å². The van der Waals surface area contributed by atoms with Gasteiger partial charge in [-0.1, -0.05) is 44.2 Å². The van der Waals surface area contributed by atoms with E-state index in [1.165, 1.54) is 5.69 Å². The molecule has 2 aromatic carbocycles. The number of nitrogens with zero attached hydrogens (tertiary/aromatic N) is 2. The molecule has 0 unspecified atom stereocenters. The first-order chi connectivity index (χ1) is 14.5. The minimum absolute atomic E-state index is 0.0232. The summed E-state index contributed by atoms with van der Waals surface area (Å²) >= 11 is 0. The molecule has 0 saturated carbocycles. The second-order valence-electron chi connectivity index (χ2n) is 7.91. The quantitative estimate of drug-likeness (QED) is 0.267. The van der Waals surface area contributed by atoms with Crippen molar-refractivity contribution in [2.24, 2.45) is 0 Å². The molecule has 30 heavy (non-hydrogen) atoms. The molecule has 0 radical (unpaired) electrons. The summed E-state index contributed by atoms with van der Waals surface area (Å²) in [6, 6.07) is 16.2. The van der Waals surface area contributed by atoms with Crippen molar-refractivity contribution in [3.63, 3.8) is 0 Å². The number of anilines is 2. The van der Waals surface area contributed by atoms with Crippen molar-refractivity contribution >= 4 is 23.2 Å². The number of para-hydroxylation sites is 1. The van der Waals surface area contributed by atoms with Crippen LogP contribution in [-0.4, -0.2) is 51.0 Å². The highest BCUT2D eigenvalue weighted by atomic mass is 16.1. The largest absolute Gasteiger partial charge is 0.384 e. The smallest absolute Gasteiger partial charge is 0.187 e. The third-order valence-corrected chi connectivity index (χ3v) is 4.94. The summed E-state index contributed by atoms with van der Waals surface area (Å²) in [5, 5.41) is 3.41. The van der Waals surface area contributed by atoms with Crippen molar-refractivity contribution in [1.82, 2.24) is 4.90 Å². The van der Waals surface area contributed by atoms with E-state index in [2.05, 4.69) is 67.3 Å². The van der Waals surface area contributed by atoms with E-state index in [0.717, 1.165) is 56.7 Å². The van der Waals surface area contributed by atoms with Gasteiger partial charge in [0.25, 0.3) is 0 Å². The van der Waals surface area contributed by atoms with Crippen LogP contribution in [0, 0.1) is 0 Å². The number of hydrogen-bond donors (Lipinski definition) is 1. The van der Waals surface area contributed by atoms with E-state index >= 15 is 0 Å². The van der Waals surface area contributed by atoms with Crippen LogP contribution < -0.4 is 10.2 Å². The monoisotopic (exact) mass is 407 g/mol. The van der Waals surface area contributed by atoms with Crippen molar-refractivity contribution < 1.29 is 4.79 Å². The van der Waals surface area contributed by atoms with Gasteiger partial charge in [-0.25, -0.2) is 0 Å². The van der Waals surface area contributed by atoms with Crippen LogP contribution in [0.3, 0.4) is 0 Å². The summed E-state index contributed by atoms with van der Waals surface area (Å²) < 4.78 is 0. The van der Waals surface area contributed by atoms with Gasteiger partial charge in [-0.2, -0.15) is 0 Å². The molecule has 0 heterocycles. The van der Waals surface area contributed by atoms with E-state index in [-0.39, 0.29) is 5.78 Å². The van der Waals surface area contributed by atoms with Crippen molar-refractivity contribution in [3.05, 3.63) is 65.7 Å². The predicted octanol–water partition coefficient (Wildman–Crippen LogP) is 5.57. The highest BCUT2D eigenvalue weighted by Gasteiger charge is 2.08. The zero-order chi connectivity index (χ0) is 21.8. The van der Waals surface area contributed by atoms with Crippen LogP contribution in [0.1, 0.15) is 49.0 Å². The van der Waals surface area contributed by atoms with Crippen LogP contribution in [0.4, 0.5) is 11.4 Å². The number of benzene rings is 2. The number of ketones is 1. The summed E-state index contributed by atoms with van der Waals surface area (Å²) in [5.74, 6) is 0.0232. The predicted molar refractivity (Wildman–Crippen MR) is 131 cm³/mol. The van der Waals surface area contributed by atoms with Gasteiger partial charge in [0.15, 0.2) is 5.78 Å². The molecule has 0 aliphatic heterocycles. The van der Waals surface area contributed by atoms with Crippen LogP contribution in [0.15, 0.2) is 54.6 Å². The van der Waals surface area contributed by atoms with Crippen LogP contribution in [0.2, 0.25) is 0 Å². The first-order valence-corrected chi connectivity index (χ1v) is 11.1. The molecule has 0 spiro atoms. The second-order valence-corrected chi connectivity index (χ2v) is 7.91. The van der Waals surface area contributed by atoms with Gasteiger partial charge in [0.2, 0.25) is 0 Å². The molecule has 0 atom stereocenters. The number of nitrogens with one attached hydrogen (secondary N) is 1. The maximum absolute atomic E-state index is 12.9. The second kappa shape index (κ2) is 12.9. The lowest BCUT2D eigenvalue weighted by atomic mass is 10.1. The number of rotatable bonds is 13. The van der Waals surface area contributed by atoms with Crippen molar-refractivity contribution in [3.8, 4) is 0 Å². The Balaban J connectivity index is 2.08. The minimum atomic E-state index is 0.0232. The Hall–Kier alpha value is -2.59. The SMILES string of the molecule is CCCN(CCC)c1cccc(C=CC(=O)c2ccccc2NCCCN(C)C)c1. The lowest BCUT2D eigenvalue weighted by molar-refractivity contribution is 0.104. The number of carbonyl (C=O) groups excluding carboxylic acids is 1. The topological polar surface area (TPSA) is 35.6 Å². The molecule has 2 aromatic rings. The fourth-order valence-corrected chi connectivity index (χ4v) is 3.47. The van der Waals surface area contributed by atoms with Gasteiger partial charge < -0.3 is 15.1 Å². The van der Waals surface area contributed by atoms with Gasteiger partial charge in [0.1, 0.15) is 0 Å². The number of hydrogen-bond acceptors (Lipinski definition) is 4. The van der Waals surface area contributed by atoms with Gasteiger partial charge in [-0.15, -0.1) is 0 Å². The summed E-state index contributed by atoms with van der Waals surface area (Å²) in [6.45, 7) is 8.37. The molecule has 0 saturated heterocycles. The normalized spacial score (nSPS) is 11.2. The Morgan fingerprint density at radius 1 is 0.967 bits per heavy atom. The minimum Gasteiger partial charge on any atom is -0.384 e. The van der Waals surface area contributed by atoms with Gasteiger partial charge >= 0.3 is 0 Å². The maximum Gasteiger partial charge on any atom is 0.187 e. The molecule has 0 aliphatic rings. The molecule has 2 rings (SSSR count). The van der Waals surface area contributed by atoms with Crippen molar-refractivity contribution in [1.29, 1.82) is 0 Å². The number of allylic oxidation sites excluding steroid dienone is 1. The van der Waals surface area contributed by atoms with Crippen LogP contribution in [-0.2, 0) is 0 Å². The van der Waals surface area contributed by atoms with E-state index in [4.69, 9.17) is 0 Å². The molecular formula is C26H37N3O. The highest BCUT2D eigenvalue weighted by Crippen LogP contribution is 2.20. The molecule has 0 bridgehead atoms. The first-order valence-electron chi connectivity index (χ1n) is 11.1. The Morgan fingerprint density at radius 2 is 1.70 bits per heavy atom. The van der Waals surface area contributed by atoms with Gasteiger partial charge in [0.05, 0.1) is 0 Å². The molecule has 1 N–H and O–H groups in total. The first kappa shape index (κ1) is 23.7. The third kappa shape index (κ3) is 7.68. The van der Waals surface area contributed by atoms with E-state index in [9.17, 15) is 4.79 Å². The summed E-state index contributed by atoms with van der Waals surface area (Å²) in [4.78, 5) is 17.4.